The molecule has 57 heavy (non-hydrogen) atoms. The van der Waals surface area contributed by atoms with Gasteiger partial charge in [-0.3, -0.25) is 24.4 Å². The summed E-state index contributed by atoms with van der Waals surface area (Å²) < 4.78 is 17.9. The van der Waals surface area contributed by atoms with E-state index in [1.165, 1.54) is 23.7 Å². The number of aromatic amines is 1. The Morgan fingerprint density at radius 2 is 1.88 bits per heavy atom. The standard InChI is InChI=1S/C42H56ClN7O7/c43-34-26-45-47-38(34)41(54)49-21-24-57-42(29-49)14-18-48(19-15-42)27-31-6-4-5-30(25-31)12-22-55-23-13-37(53)50(33-7-2-1-3-8-33)20-17-44-16-11-32-9-10-35(51)39-40(32)56-28-36(52)46-39/h4-6,9-10,25-26,33,44,51H,1-3,7-8,11-24,27-29H2,(H,45,47)(H,46,52). The number of carbonyl (C=O) groups is 3. The summed E-state index contributed by atoms with van der Waals surface area (Å²) in [5.41, 5.74) is 3.71. The molecule has 3 fully saturated rings. The second kappa shape index (κ2) is 19.5. The number of H-pyrrole nitrogens is 1. The zero-order valence-electron chi connectivity index (χ0n) is 32.7. The third-order valence-electron chi connectivity index (χ3n) is 11.8. The number of benzene rings is 2. The summed E-state index contributed by atoms with van der Waals surface area (Å²) in [5, 5.41) is 23.3. The van der Waals surface area contributed by atoms with Gasteiger partial charge < -0.3 is 39.8 Å². The molecule has 15 heteroatoms. The molecule has 1 aromatic heterocycles. The van der Waals surface area contributed by atoms with E-state index in [0.717, 1.165) is 70.1 Å². The smallest absolute Gasteiger partial charge is 0.273 e. The number of phenols is 1. The van der Waals surface area contributed by atoms with Gasteiger partial charge in [0.1, 0.15) is 17.1 Å². The highest BCUT2D eigenvalue weighted by Crippen LogP contribution is 2.39. The van der Waals surface area contributed by atoms with Crippen molar-refractivity contribution in [3.8, 4) is 11.5 Å². The van der Waals surface area contributed by atoms with Crippen molar-refractivity contribution in [3.63, 3.8) is 0 Å². The van der Waals surface area contributed by atoms with Gasteiger partial charge in [0.2, 0.25) is 5.91 Å². The van der Waals surface area contributed by atoms with Crippen molar-refractivity contribution in [3.05, 3.63) is 70.0 Å². The van der Waals surface area contributed by atoms with Gasteiger partial charge in [0.15, 0.2) is 12.4 Å². The number of anilines is 1. The minimum absolute atomic E-state index is 0.00738. The fraction of sp³-hybridized carbons (Fsp3) is 0.571. The number of aromatic hydroxyl groups is 1. The van der Waals surface area contributed by atoms with Gasteiger partial charge in [0.25, 0.3) is 11.8 Å². The van der Waals surface area contributed by atoms with E-state index in [1.54, 1.807) is 6.07 Å². The summed E-state index contributed by atoms with van der Waals surface area (Å²) in [5.74, 6) is 0.245. The fourth-order valence-electron chi connectivity index (χ4n) is 8.62. The highest BCUT2D eigenvalue weighted by molar-refractivity contribution is 6.33. The first-order valence-corrected chi connectivity index (χ1v) is 20.9. The van der Waals surface area contributed by atoms with Crippen molar-refractivity contribution < 1.29 is 33.7 Å². The van der Waals surface area contributed by atoms with Gasteiger partial charge >= 0.3 is 0 Å². The molecule has 0 bridgehead atoms. The Kier molecular flexibility index (Phi) is 14.0. The predicted molar refractivity (Wildman–Crippen MR) is 216 cm³/mol. The lowest BCUT2D eigenvalue weighted by Crippen LogP contribution is -2.58. The Bertz CT molecular complexity index is 1840. The molecule has 1 aliphatic carbocycles. The van der Waals surface area contributed by atoms with Crippen LogP contribution < -0.4 is 15.4 Å². The number of hydrogen-bond acceptors (Lipinski definition) is 10. The number of hydrogen-bond donors (Lipinski definition) is 4. The number of morpholine rings is 1. The van der Waals surface area contributed by atoms with Crippen LogP contribution in [-0.4, -0.2) is 132 Å². The summed E-state index contributed by atoms with van der Waals surface area (Å²) in [4.78, 5) is 44.7. The average Bonchev–Trinajstić information content (AvgIpc) is 3.66. The molecule has 1 saturated carbocycles. The highest BCUT2D eigenvalue weighted by Gasteiger charge is 2.41. The van der Waals surface area contributed by atoms with Gasteiger partial charge in [-0.1, -0.05) is 61.2 Å². The second-order valence-corrected chi connectivity index (χ2v) is 16.1. The summed E-state index contributed by atoms with van der Waals surface area (Å²) in [7, 11) is 0. The molecule has 0 unspecified atom stereocenters. The SMILES string of the molecule is O=C1COc2c(CCNCCN(C(=O)CCOCCc3cccc(CN4CCC5(CC4)CN(C(=O)c4[nH]ncc4Cl)CCO5)c3)C3CCCCC3)ccc(O)c2N1. The molecule has 2 aromatic carbocycles. The number of nitrogens with one attached hydrogen (secondary N) is 3. The molecule has 4 N–H and O–H groups in total. The molecular weight excluding hydrogens is 750 g/mol. The fourth-order valence-corrected chi connectivity index (χ4v) is 8.79. The van der Waals surface area contributed by atoms with Crippen molar-refractivity contribution in [2.24, 2.45) is 0 Å². The Balaban J connectivity index is 0.812. The molecule has 7 rings (SSSR count). The van der Waals surface area contributed by atoms with Crippen LogP contribution in [0.5, 0.6) is 11.5 Å². The number of fused-ring (bicyclic) bond motifs is 1. The van der Waals surface area contributed by atoms with Crippen LogP contribution in [0.1, 0.15) is 78.5 Å². The number of carbonyl (C=O) groups excluding carboxylic acids is 3. The zero-order chi connectivity index (χ0) is 39.6. The summed E-state index contributed by atoms with van der Waals surface area (Å²) in [6.07, 6.45) is 10.6. The van der Waals surface area contributed by atoms with Crippen molar-refractivity contribution >= 4 is 35.0 Å². The Morgan fingerprint density at radius 3 is 2.68 bits per heavy atom. The third-order valence-corrected chi connectivity index (χ3v) is 12.1. The number of nitrogens with zero attached hydrogens (tertiary/aromatic N) is 4. The number of amides is 3. The lowest BCUT2D eigenvalue weighted by molar-refractivity contribution is -0.135. The lowest BCUT2D eigenvalue weighted by atomic mass is 9.89. The van der Waals surface area contributed by atoms with E-state index in [2.05, 4.69) is 54.9 Å². The molecule has 2 saturated heterocycles. The van der Waals surface area contributed by atoms with E-state index in [0.29, 0.717) is 87.5 Å². The predicted octanol–water partition coefficient (Wildman–Crippen LogP) is 4.55. The minimum Gasteiger partial charge on any atom is -0.506 e. The van der Waals surface area contributed by atoms with E-state index in [4.69, 9.17) is 25.8 Å². The third kappa shape index (κ3) is 10.7. The Morgan fingerprint density at radius 1 is 1.05 bits per heavy atom. The number of aromatic nitrogens is 2. The molecule has 0 atom stereocenters. The molecule has 4 heterocycles. The maximum atomic E-state index is 13.5. The van der Waals surface area contributed by atoms with Crippen LogP contribution in [0.3, 0.4) is 0 Å². The van der Waals surface area contributed by atoms with Crippen LogP contribution in [0.15, 0.2) is 42.6 Å². The molecule has 3 aromatic rings. The number of piperidine rings is 1. The molecule has 0 radical (unpaired) electrons. The van der Waals surface area contributed by atoms with Crippen molar-refractivity contribution in [1.82, 2.24) is 30.2 Å². The summed E-state index contributed by atoms with van der Waals surface area (Å²) in [6.45, 7) is 7.10. The Hall–Kier alpha value is -4.21. The summed E-state index contributed by atoms with van der Waals surface area (Å²) in [6, 6.07) is 12.3. The maximum Gasteiger partial charge on any atom is 0.273 e. The number of likely N-dealkylation sites (tertiary alicyclic amines) is 1. The van der Waals surface area contributed by atoms with E-state index in [-0.39, 0.29) is 41.7 Å². The van der Waals surface area contributed by atoms with Crippen LogP contribution in [-0.2, 0) is 38.4 Å². The van der Waals surface area contributed by atoms with Gasteiger partial charge in [-0.05, 0) is 67.8 Å². The van der Waals surface area contributed by atoms with Gasteiger partial charge in [-0.2, -0.15) is 5.10 Å². The lowest BCUT2D eigenvalue weighted by Gasteiger charge is -2.47. The topological polar surface area (TPSA) is 162 Å². The first-order chi connectivity index (χ1) is 27.8. The summed E-state index contributed by atoms with van der Waals surface area (Å²) >= 11 is 6.16. The van der Waals surface area contributed by atoms with Crippen LogP contribution >= 0.6 is 11.6 Å². The molecule has 14 nitrogen and oxygen atoms in total. The van der Waals surface area contributed by atoms with Crippen LogP contribution in [0, 0.1) is 0 Å². The number of halogens is 1. The van der Waals surface area contributed by atoms with Crippen molar-refractivity contribution in [2.45, 2.75) is 82.4 Å². The highest BCUT2D eigenvalue weighted by atomic mass is 35.5. The molecule has 3 aliphatic heterocycles. The zero-order valence-corrected chi connectivity index (χ0v) is 33.5. The van der Waals surface area contributed by atoms with Crippen LogP contribution in [0.25, 0.3) is 0 Å². The quantitative estimate of drug-likeness (QED) is 0.120. The molecular formula is C42H56ClN7O7. The maximum absolute atomic E-state index is 13.5. The van der Waals surface area contributed by atoms with Crippen molar-refractivity contribution in [1.29, 1.82) is 0 Å². The van der Waals surface area contributed by atoms with Crippen molar-refractivity contribution in [2.75, 3.05) is 77.6 Å². The van der Waals surface area contributed by atoms with E-state index in [9.17, 15) is 19.5 Å². The van der Waals surface area contributed by atoms with Gasteiger partial charge in [-0.15, -0.1) is 0 Å². The Labute approximate surface area is 339 Å². The van der Waals surface area contributed by atoms with Gasteiger partial charge in [0.05, 0.1) is 49.6 Å². The molecule has 1 spiro atoms. The first-order valence-electron chi connectivity index (χ1n) is 20.5. The molecule has 308 valence electrons. The monoisotopic (exact) mass is 805 g/mol. The van der Waals surface area contributed by atoms with Gasteiger partial charge in [-0.25, -0.2) is 0 Å². The minimum atomic E-state index is -0.337. The average molecular weight is 806 g/mol. The van der Waals surface area contributed by atoms with E-state index >= 15 is 0 Å². The van der Waals surface area contributed by atoms with Crippen LogP contribution in [0.4, 0.5) is 5.69 Å². The van der Waals surface area contributed by atoms with Crippen LogP contribution in [0.2, 0.25) is 5.02 Å². The largest absolute Gasteiger partial charge is 0.506 e. The first kappa shape index (κ1) is 41.0. The van der Waals surface area contributed by atoms with Gasteiger partial charge in [0, 0.05) is 45.3 Å². The number of rotatable bonds is 16. The molecule has 3 amide bonds. The molecule has 4 aliphatic rings. The second-order valence-electron chi connectivity index (χ2n) is 15.7. The van der Waals surface area contributed by atoms with E-state index in [1.807, 2.05) is 11.0 Å². The van der Waals surface area contributed by atoms with E-state index < -0.39 is 0 Å². The number of ether oxygens (including phenoxy) is 3. The normalized spacial score (nSPS) is 18.5. The number of phenolic OH excluding ortho intramolecular Hbond substituents is 1.